The molecule has 2 aromatic rings. The van der Waals surface area contributed by atoms with Crippen molar-refractivity contribution in [3.8, 4) is 11.5 Å². The Morgan fingerprint density at radius 2 is 2.04 bits per heavy atom. The van der Waals surface area contributed by atoms with Gasteiger partial charge in [-0.2, -0.15) is 0 Å². The van der Waals surface area contributed by atoms with Gasteiger partial charge in [0.05, 0.1) is 12.8 Å². The van der Waals surface area contributed by atoms with Crippen molar-refractivity contribution >= 4 is 0 Å². The molecule has 0 amide bonds. The van der Waals surface area contributed by atoms with Crippen molar-refractivity contribution in [2.45, 2.75) is 39.3 Å². The molecule has 1 aliphatic heterocycles. The third-order valence-corrected chi connectivity index (χ3v) is 5.36. The van der Waals surface area contributed by atoms with Crippen LogP contribution in [-0.2, 0) is 13.2 Å². The molecule has 28 heavy (non-hydrogen) atoms. The molecule has 0 saturated carbocycles. The lowest BCUT2D eigenvalue weighted by atomic mass is 9.96. The van der Waals surface area contributed by atoms with Crippen LogP contribution in [0.25, 0.3) is 0 Å². The van der Waals surface area contributed by atoms with Crippen molar-refractivity contribution in [3.05, 3.63) is 53.9 Å². The summed E-state index contributed by atoms with van der Waals surface area (Å²) in [4.78, 5) is 6.92. The van der Waals surface area contributed by atoms with Gasteiger partial charge in [-0.05, 0) is 81.7 Å². The Balaban J connectivity index is 1.52. The van der Waals surface area contributed by atoms with E-state index in [2.05, 4.69) is 28.2 Å². The number of hydrogen-bond donors (Lipinski definition) is 1. The van der Waals surface area contributed by atoms with Crippen LogP contribution in [0.2, 0.25) is 0 Å². The summed E-state index contributed by atoms with van der Waals surface area (Å²) in [5.74, 6) is 2.50. The lowest BCUT2D eigenvalue weighted by molar-refractivity contribution is 0.182. The number of methoxy groups -OCH3 is 1. The van der Waals surface area contributed by atoms with Gasteiger partial charge in [-0.1, -0.05) is 13.0 Å². The lowest BCUT2D eigenvalue weighted by Crippen LogP contribution is -2.37. The van der Waals surface area contributed by atoms with Crippen LogP contribution in [0.15, 0.2) is 42.6 Å². The number of piperidine rings is 1. The number of nitrogens with zero attached hydrogens (tertiary/aromatic N) is 2. The van der Waals surface area contributed by atoms with Crippen LogP contribution in [0.4, 0.5) is 0 Å². The van der Waals surface area contributed by atoms with Crippen LogP contribution in [-0.4, -0.2) is 43.2 Å². The van der Waals surface area contributed by atoms with Crippen molar-refractivity contribution in [1.29, 1.82) is 0 Å². The standard InChI is InChI=1S/C23H33N3O2/c1-3-12-26-13-9-19(10-14-26)16-24-17-20-15-22(27-2)7-8-23(20)28-18-21-6-4-5-11-25-21/h4-8,11,15,19,24H,3,9-10,12-14,16-18H2,1-2H3. The molecule has 0 radical (unpaired) electrons. The maximum absolute atomic E-state index is 6.04. The molecule has 1 aliphatic rings. The first kappa shape index (κ1) is 20.6. The number of ether oxygens (including phenoxy) is 2. The van der Waals surface area contributed by atoms with Gasteiger partial charge in [0.25, 0.3) is 0 Å². The van der Waals surface area contributed by atoms with Gasteiger partial charge in [0.15, 0.2) is 0 Å². The Morgan fingerprint density at radius 3 is 2.75 bits per heavy atom. The van der Waals surface area contributed by atoms with Crippen LogP contribution >= 0.6 is 0 Å². The van der Waals surface area contributed by atoms with Gasteiger partial charge in [-0.25, -0.2) is 0 Å². The molecule has 0 bridgehead atoms. The number of hydrogen-bond acceptors (Lipinski definition) is 5. The minimum absolute atomic E-state index is 0.468. The van der Waals surface area contributed by atoms with Crippen LogP contribution < -0.4 is 14.8 Å². The maximum atomic E-state index is 6.04. The molecule has 1 aromatic carbocycles. The monoisotopic (exact) mass is 383 g/mol. The molecular weight excluding hydrogens is 350 g/mol. The molecule has 1 saturated heterocycles. The van der Waals surface area contributed by atoms with Gasteiger partial charge in [0, 0.05) is 18.3 Å². The largest absolute Gasteiger partial charge is 0.497 e. The normalized spacial score (nSPS) is 15.5. The van der Waals surface area contributed by atoms with Crippen LogP contribution in [0.3, 0.4) is 0 Å². The Labute approximate surface area is 169 Å². The SMILES string of the molecule is CCCN1CCC(CNCc2cc(OC)ccc2OCc2ccccn2)CC1. The highest BCUT2D eigenvalue weighted by Gasteiger charge is 2.18. The summed E-state index contributed by atoms with van der Waals surface area (Å²) >= 11 is 0. The summed E-state index contributed by atoms with van der Waals surface area (Å²) in [6.45, 7) is 8.27. The summed E-state index contributed by atoms with van der Waals surface area (Å²) in [5, 5.41) is 3.64. The first-order chi connectivity index (χ1) is 13.8. The number of benzene rings is 1. The summed E-state index contributed by atoms with van der Waals surface area (Å²) in [6.07, 6.45) is 5.61. The molecule has 5 heteroatoms. The fraction of sp³-hybridized carbons (Fsp3) is 0.522. The zero-order valence-electron chi connectivity index (χ0n) is 17.2. The molecule has 152 valence electrons. The minimum Gasteiger partial charge on any atom is -0.497 e. The molecular formula is C23H33N3O2. The highest BCUT2D eigenvalue weighted by molar-refractivity contribution is 5.40. The minimum atomic E-state index is 0.468. The molecule has 0 aliphatic carbocycles. The summed E-state index contributed by atoms with van der Waals surface area (Å²) < 4.78 is 11.4. The molecule has 1 aromatic heterocycles. The van der Waals surface area contributed by atoms with Gasteiger partial charge >= 0.3 is 0 Å². The van der Waals surface area contributed by atoms with Crippen molar-refractivity contribution in [3.63, 3.8) is 0 Å². The van der Waals surface area contributed by atoms with E-state index in [-0.39, 0.29) is 0 Å². The van der Waals surface area contributed by atoms with Crippen molar-refractivity contribution in [2.24, 2.45) is 5.92 Å². The second-order valence-electron chi connectivity index (χ2n) is 7.50. The highest BCUT2D eigenvalue weighted by Crippen LogP contribution is 2.25. The van der Waals surface area contributed by atoms with E-state index in [0.29, 0.717) is 6.61 Å². The van der Waals surface area contributed by atoms with Gasteiger partial charge in [0.2, 0.25) is 0 Å². The first-order valence-corrected chi connectivity index (χ1v) is 10.4. The first-order valence-electron chi connectivity index (χ1n) is 10.4. The van der Waals surface area contributed by atoms with Gasteiger partial charge < -0.3 is 19.7 Å². The number of likely N-dealkylation sites (tertiary alicyclic amines) is 1. The van der Waals surface area contributed by atoms with Gasteiger partial charge in [0.1, 0.15) is 18.1 Å². The number of aromatic nitrogens is 1. The molecule has 2 heterocycles. The van der Waals surface area contributed by atoms with E-state index >= 15 is 0 Å². The van der Waals surface area contributed by atoms with Crippen LogP contribution in [0.5, 0.6) is 11.5 Å². The fourth-order valence-electron chi connectivity index (χ4n) is 3.74. The Hall–Kier alpha value is -2.11. The molecule has 3 rings (SSSR count). The molecule has 1 N–H and O–H groups in total. The van der Waals surface area contributed by atoms with Crippen LogP contribution in [0, 0.1) is 5.92 Å². The average Bonchev–Trinajstić information content (AvgIpc) is 2.75. The van der Waals surface area contributed by atoms with Crippen molar-refractivity contribution < 1.29 is 9.47 Å². The third-order valence-electron chi connectivity index (χ3n) is 5.36. The van der Waals surface area contributed by atoms with E-state index in [0.717, 1.165) is 41.8 Å². The van der Waals surface area contributed by atoms with E-state index in [1.54, 1.807) is 13.3 Å². The fourth-order valence-corrected chi connectivity index (χ4v) is 3.74. The van der Waals surface area contributed by atoms with Gasteiger partial charge in [-0.3, -0.25) is 4.98 Å². The zero-order chi connectivity index (χ0) is 19.6. The summed E-state index contributed by atoms with van der Waals surface area (Å²) in [5.41, 5.74) is 2.05. The molecule has 0 unspecified atom stereocenters. The maximum Gasteiger partial charge on any atom is 0.130 e. The Kier molecular flexibility index (Phi) is 8.12. The van der Waals surface area contributed by atoms with E-state index in [4.69, 9.17) is 9.47 Å². The predicted octanol–water partition coefficient (Wildman–Crippen LogP) is 3.88. The van der Waals surface area contributed by atoms with Crippen molar-refractivity contribution in [1.82, 2.24) is 15.2 Å². The topological polar surface area (TPSA) is 46.6 Å². The summed E-state index contributed by atoms with van der Waals surface area (Å²) in [7, 11) is 1.70. The quantitative estimate of drug-likeness (QED) is 0.675. The zero-order valence-corrected chi connectivity index (χ0v) is 17.2. The van der Waals surface area contributed by atoms with E-state index in [1.807, 2.05) is 30.3 Å². The molecule has 5 nitrogen and oxygen atoms in total. The van der Waals surface area contributed by atoms with E-state index in [1.165, 1.54) is 38.9 Å². The third kappa shape index (κ3) is 6.21. The summed E-state index contributed by atoms with van der Waals surface area (Å²) in [6, 6.07) is 11.9. The Morgan fingerprint density at radius 1 is 1.18 bits per heavy atom. The van der Waals surface area contributed by atoms with E-state index < -0.39 is 0 Å². The lowest BCUT2D eigenvalue weighted by Gasteiger charge is -2.31. The second-order valence-corrected chi connectivity index (χ2v) is 7.50. The van der Waals surface area contributed by atoms with Crippen LogP contribution in [0.1, 0.15) is 37.4 Å². The highest BCUT2D eigenvalue weighted by atomic mass is 16.5. The average molecular weight is 384 g/mol. The van der Waals surface area contributed by atoms with Crippen molar-refractivity contribution in [2.75, 3.05) is 33.3 Å². The van der Waals surface area contributed by atoms with E-state index in [9.17, 15) is 0 Å². The molecule has 0 atom stereocenters. The smallest absolute Gasteiger partial charge is 0.130 e. The Bertz CT molecular complexity index is 700. The second kappa shape index (κ2) is 11.0. The predicted molar refractivity (Wildman–Crippen MR) is 113 cm³/mol. The number of nitrogens with one attached hydrogen (secondary N) is 1. The molecule has 1 fully saturated rings. The van der Waals surface area contributed by atoms with Gasteiger partial charge in [-0.15, -0.1) is 0 Å². The molecule has 0 spiro atoms. The number of rotatable bonds is 10. The number of pyridine rings is 1.